The summed E-state index contributed by atoms with van der Waals surface area (Å²) in [4.78, 5) is 51.5. The van der Waals surface area contributed by atoms with Gasteiger partial charge >= 0.3 is 0 Å². The molecule has 42 heavy (non-hydrogen) atoms. The van der Waals surface area contributed by atoms with E-state index in [1.54, 1.807) is 48.5 Å². The first kappa shape index (κ1) is 30.2. The summed E-state index contributed by atoms with van der Waals surface area (Å²) < 4.78 is 16.5. The number of hydrogen-bond acceptors (Lipinski definition) is 8. The lowest BCUT2D eigenvalue weighted by molar-refractivity contribution is -0.127. The lowest BCUT2D eigenvalue weighted by atomic mass is 10.1. The molecule has 4 rings (SSSR count). The molecule has 0 saturated carbocycles. The van der Waals surface area contributed by atoms with Crippen LogP contribution in [0.15, 0.2) is 65.6 Å². The fourth-order valence-corrected chi connectivity index (χ4v) is 4.81. The van der Waals surface area contributed by atoms with Gasteiger partial charge < -0.3 is 24.8 Å². The van der Waals surface area contributed by atoms with Crippen molar-refractivity contribution in [2.45, 2.75) is 20.8 Å². The van der Waals surface area contributed by atoms with Crippen molar-refractivity contribution in [1.29, 1.82) is 0 Å². The summed E-state index contributed by atoms with van der Waals surface area (Å²) in [6.07, 6.45) is 1.55. The number of methoxy groups -OCH3 is 1. The zero-order valence-electron chi connectivity index (χ0n) is 23.7. The van der Waals surface area contributed by atoms with Gasteiger partial charge in [0.2, 0.25) is 5.91 Å². The van der Waals surface area contributed by atoms with Crippen molar-refractivity contribution in [2.75, 3.05) is 37.5 Å². The second-order valence-electron chi connectivity index (χ2n) is 9.32. The van der Waals surface area contributed by atoms with Crippen LogP contribution < -0.4 is 24.8 Å². The fourth-order valence-electron chi connectivity index (χ4n) is 3.97. The smallest absolute Gasteiger partial charge is 0.294 e. The van der Waals surface area contributed by atoms with Gasteiger partial charge in [-0.2, -0.15) is 0 Å². The molecule has 4 amide bonds. The summed E-state index contributed by atoms with van der Waals surface area (Å²) in [6, 6.07) is 17.3. The Morgan fingerprint density at radius 3 is 2.26 bits per heavy atom. The SMILES string of the molecule is CCOc1cc(/C=C2/SC(=O)N(CC(=O)Nc3ccc(OC)cc3)C2=O)ccc1OCC(=O)Nc1ccc(C)c(C)c1. The van der Waals surface area contributed by atoms with Gasteiger partial charge in [0.05, 0.1) is 18.6 Å². The third kappa shape index (κ3) is 7.70. The molecular weight excluding hydrogens is 558 g/mol. The first-order valence-electron chi connectivity index (χ1n) is 13.1. The molecule has 2 N–H and O–H groups in total. The average molecular weight is 590 g/mol. The van der Waals surface area contributed by atoms with Gasteiger partial charge in [-0.05, 0) is 104 Å². The molecule has 0 aromatic heterocycles. The van der Waals surface area contributed by atoms with Crippen molar-refractivity contribution in [3.63, 3.8) is 0 Å². The number of hydrogen-bond donors (Lipinski definition) is 2. The van der Waals surface area contributed by atoms with Crippen LogP contribution in [0.4, 0.5) is 16.2 Å². The van der Waals surface area contributed by atoms with Gasteiger partial charge in [-0.1, -0.05) is 12.1 Å². The van der Waals surface area contributed by atoms with Crippen LogP contribution >= 0.6 is 11.8 Å². The molecule has 10 nitrogen and oxygen atoms in total. The minimum atomic E-state index is -0.573. The molecule has 0 unspecified atom stereocenters. The largest absolute Gasteiger partial charge is 0.497 e. The maximum atomic E-state index is 13.0. The molecule has 11 heteroatoms. The number of nitrogens with one attached hydrogen (secondary N) is 2. The number of imide groups is 1. The molecule has 1 aliphatic heterocycles. The standard InChI is InChI=1S/C31H31N3O7S/c1-5-40-26-15-21(7-13-25(26)41-18-29(36)33-23-8-6-19(2)20(3)14-23)16-27-30(37)34(31(38)42-27)17-28(35)32-22-9-11-24(39-4)12-10-22/h6-16H,5,17-18H2,1-4H3,(H,32,35)(H,33,36)/b27-16+. The van der Waals surface area contributed by atoms with Crippen LogP contribution in [0.3, 0.4) is 0 Å². The highest BCUT2D eigenvalue weighted by Crippen LogP contribution is 2.35. The number of amides is 4. The zero-order valence-corrected chi connectivity index (χ0v) is 24.5. The van der Waals surface area contributed by atoms with Gasteiger partial charge in [0.1, 0.15) is 12.3 Å². The van der Waals surface area contributed by atoms with E-state index in [9.17, 15) is 19.2 Å². The number of aryl methyl sites for hydroxylation is 2. The Morgan fingerprint density at radius 2 is 1.57 bits per heavy atom. The third-order valence-corrected chi connectivity index (χ3v) is 7.17. The van der Waals surface area contributed by atoms with E-state index in [-0.39, 0.29) is 17.4 Å². The van der Waals surface area contributed by atoms with Crippen molar-refractivity contribution >= 4 is 52.2 Å². The minimum absolute atomic E-state index is 0.168. The van der Waals surface area contributed by atoms with Crippen LogP contribution in [-0.2, 0) is 14.4 Å². The number of nitrogens with zero attached hydrogens (tertiary/aromatic N) is 1. The van der Waals surface area contributed by atoms with Gasteiger partial charge in [0.15, 0.2) is 18.1 Å². The normalized spacial score (nSPS) is 13.7. The molecule has 0 spiro atoms. The molecule has 0 bridgehead atoms. The summed E-state index contributed by atoms with van der Waals surface area (Å²) >= 11 is 0.747. The predicted octanol–water partition coefficient (Wildman–Crippen LogP) is 5.40. The summed E-state index contributed by atoms with van der Waals surface area (Å²) in [6.45, 7) is 5.47. The van der Waals surface area contributed by atoms with Crippen LogP contribution in [0.2, 0.25) is 0 Å². The Labute approximate surface area is 248 Å². The molecule has 3 aromatic rings. The summed E-state index contributed by atoms with van der Waals surface area (Å²) in [5, 5.41) is 4.93. The van der Waals surface area contributed by atoms with Crippen LogP contribution in [0, 0.1) is 13.8 Å². The predicted molar refractivity (Wildman–Crippen MR) is 162 cm³/mol. The molecule has 1 heterocycles. The maximum Gasteiger partial charge on any atom is 0.294 e. The molecule has 0 atom stereocenters. The second kappa shape index (κ2) is 13.7. The maximum absolute atomic E-state index is 13.0. The van der Waals surface area contributed by atoms with E-state index in [1.807, 2.05) is 39.0 Å². The van der Waals surface area contributed by atoms with E-state index < -0.39 is 23.6 Å². The topological polar surface area (TPSA) is 123 Å². The molecule has 1 fully saturated rings. The number of anilines is 2. The highest BCUT2D eigenvalue weighted by atomic mass is 32.2. The van der Waals surface area contributed by atoms with Gasteiger partial charge in [0.25, 0.3) is 17.1 Å². The van der Waals surface area contributed by atoms with Gasteiger partial charge in [0, 0.05) is 11.4 Å². The summed E-state index contributed by atoms with van der Waals surface area (Å²) in [5.41, 5.74) is 3.97. The Bertz CT molecular complexity index is 1540. The number of rotatable bonds is 11. The Hall–Kier alpha value is -4.77. The second-order valence-corrected chi connectivity index (χ2v) is 10.3. The van der Waals surface area contributed by atoms with Crippen LogP contribution in [-0.4, -0.2) is 54.7 Å². The van der Waals surface area contributed by atoms with Crippen LogP contribution in [0.25, 0.3) is 6.08 Å². The van der Waals surface area contributed by atoms with Crippen LogP contribution in [0.5, 0.6) is 17.2 Å². The van der Waals surface area contributed by atoms with E-state index in [2.05, 4.69) is 10.6 Å². The van der Waals surface area contributed by atoms with E-state index in [4.69, 9.17) is 14.2 Å². The molecule has 1 aliphatic rings. The lowest BCUT2D eigenvalue weighted by Crippen LogP contribution is -2.36. The highest BCUT2D eigenvalue weighted by molar-refractivity contribution is 8.18. The number of carbonyl (C=O) groups excluding carboxylic acids is 4. The first-order chi connectivity index (χ1) is 20.2. The Balaban J connectivity index is 1.39. The van der Waals surface area contributed by atoms with Crippen LogP contribution in [0.1, 0.15) is 23.6 Å². The minimum Gasteiger partial charge on any atom is -0.497 e. The van der Waals surface area contributed by atoms with Gasteiger partial charge in [-0.3, -0.25) is 24.1 Å². The Kier molecular flexibility index (Phi) is 9.87. The van der Waals surface area contributed by atoms with Crippen molar-refractivity contribution in [3.8, 4) is 17.2 Å². The highest BCUT2D eigenvalue weighted by Gasteiger charge is 2.36. The number of thioether (sulfide) groups is 1. The zero-order chi connectivity index (χ0) is 30.2. The number of benzene rings is 3. The molecular formula is C31H31N3O7S. The van der Waals surface area contributed by atoms with E-state index in [0.717, 1.165) is 27.8 Å². The molecule has 1 saturated heterocycles. The van der Waals surface area contributed by atoms with E-state index >= 15 is 0 Å². The third-order valence-electron chi connectivity index (χ3n) is 6.26. The summed E-state index contributed by atoms with van der Waals surface area (Å²) in [5.74, 6) is -0.0400. The van der Waals surface area contributed by atoms with Crippen molar-refractivity contribution in [2.24, 2.45) is 0 Å². The van der Waals surface area contributed by atoms with Gasteiger partial charge in [-0.25, -0.2) is 0 Å². The summed E-state index contributed by atoms with van der Waals surface area (Å²) in [7, 11) is 1.54. The quantitative estimate of drug-likeness (QED) is 0.285. The molecule has 0 radical (unpaired) electrons. The van der Waals surface area contributed by atoms with E-state index in [0.29, 0.717) is 40.8 Å². The molecule has 0 aliphatic carbocycles. The van der Waals surface area contributed by atoms with E-state index in [1.165, 1.54) is 7.11 Å². The van der Waals surface area contributed by atoms with Crippen molar-refractivity contribution < 1.29 is 33.4 Å². The number of ether oxygens (including phenoxy) is 3. The van der Waals surface area contributed by atoms with Crippen molar-refractivity contribution in [1.82, 2.24) is 4.90 Å². The first-order valence-corrected chi connectivity index (χ1v) is 13.9. The molecule has 218 valence electrons. The monoisotopic (exact) mass is 589 g/mol. The fraction of sp³-hybridized carbons (Fsp3) is 0.226. The number of carbonyl (C=O) groups is 4. The molecule has 3 aromatic carbocycles. The van der Waals surface area contributed by atoms with Gasteiger partial charge in [-0.15, -0.1) is 0 Å². The van der Waals surface area contributed by atoms with Crippen molar-refractivity contribution in [3.05, 3.63) is 82.3 Å². The lowest BCUT2D eigenvalue weighted by Gasteiger charge is -2.13. The average Bonchev–Trinajstić information content (AvgIpc) is 3.22. The Morgan fingerprint density at radius 1 is 0.857 bits per heavy atom.